The molecule has 2 fully saturated rings. The number of rotatable bonds is 9. The van der Waals surface area contributed by atoms with Crippen LogP contribution in [0.15, 0.2) is 41.2 Å². The fourth-order valence-corrected chi connectivity index (χ4v) is 5.75. The van der Waals surface area contributed by atoms with Crippen LogP contribution in [0.3, 0.4) is 0 Å². The van der Waals surface area contributed by atoms with E-state index in [0.29, 0.717) is 37.3 Å². The van der Waals surface area contributed by atoms with Crippen LogP contribution >= 0.6 is 0 Å². The smallest absolute Gasteiger partial charge is 0.408 e. The summed E-state index contributed by atoms with van der Waals surface area (Å²) in [5, 5.41) is 12.3. The summed E-state index contributed by atoms with van der Waals surface area (Å²) in [4.78, 5) is 58.2. The van der Waals surface area contributed by atoms with Crippen molar-refractivity contribution in [2.75, 3.05) is 13.2 Å². The van der Waals surface area contributed by atoms with Gasteiger partial charge in [0.1, 0.15) is 18.2 Å². The summed E-state index contributed by atoms with van der Waals surface area (Å²) in [6.07, 6.45) is 1.52. The number of likely N-dealkylation sites (tertiary alicyclic amines) is 1. The Bertz CT molecular complexity index is 1480. The minimum absolute atomic E-state index is 0.225. The highest BCUT2D eigenvalue weighted by Crippen LogP contribution is 2.36. The Kier molecular flexibility index (Phi) is 9.48. The van der Waals surface area contributed by atoms with E-state index in [1.807, 2.05) is 13.8 Å². The summed E-state index contributed by atoms with van der Waals surface area (Å²) >= 11 is 0. The van der Waals surface area contributed by atoms with Gasteiger partial charge in [-0.1, -0.05) is 52.8 Å². The predicted molar refractivity (Wildman–Crippen MR) is 157 cm³/mol. The minimum atomic E-state index is -3.65. The number of alkyl carbamates (subject to hydrolysis) is 1. The Balaban J connectivity index is 1.36. The SMILES string of the molecule is CC1(C)C[C@@H](C(=O)O)N(C(=O)[C@@H](NC(=O)O[C@@H]2CCC[C@H]2OC/C=C/C(F)(F)c2nc3ccccc3[nH]c2=O)C(C)(C)C)C1. The van der Waals surface area contributed by atoms with Crippen molar-refractivity contribution >= 4 is 29.0 Å². The number of carboxylic acid groups (broad SMARTS) is 1. The molecule has 3 N–H and O–H groups in total. The molecule has 1 aromatic carbocycles. The van der Waals surface area contributed by atoms with Gasteiger partial charge in [-0.2, -0.15) is 8.78 Å². The number of carbonyl (C=O) groups is 3. The summed E-state index contributed by atoms with van der Waals surface area (Å²) in [6, 6.07) is 4.33. The number of aromatic amines is 1. The number of nitrogens with zero attached hydrogens (tertiary/aromatic N) is 2. The number of carboxylic acids is 1. The third-order valence-corrected chi connectivity index (χ3v) is 7.96. The van der Waals surface area contributed by atoms with Crippen LogP contribution in [0.2, 0.25) is 0 Å². The molecule has 11 nitrogen and oxygen atoms in total. The van der Waals surface area contributed by atoms with Crippen molar-refractivity contribution in [2.45, 2.75) is 90.5 Å². The molecule has 0 bridgehead atoms. The quantitative estimate of drug-likeness (QED) is 0.351. The number of alkyl halides is 2. The number of halogens is 2. The van der Waals surface area contributed by atoms with E-state index in [2.05, 4.69) is 15.3 Å². The maximum absolute atomic E-state index is 14.8. The van der Waals surface area contributed by atoms with Crippen LogP contribution in [0.1, 0.15) is 66.0 Å². The first-order valence-electron chi connectivity index (χ1n) is 14.7. The third-order valence-electron chi connectivity index (χ3n) is 7.96. The molecule has 4 rings (SSSR count). The van der Waals surface area contributed by atoms with Gasteiger partial charge in [-0.3, -0.25) is 9.59 Å². The van der Waals surface area contributed by atoms with Crippen LogP contribution in [-0.4, -0.2) is 75.4 Å². The molecule has 1 aromatic heterocycles. The molecule has 0 unspecified atom stereocenters. The number of aromatic nitrogens is 2. The van der Waals surface area contributed by atoms with Crippen molar-refractivity contribution in [1.82, 2.24) is 20.2 Å². The molecular formula is C31H40F2N4O7. The van der Waals surface area contributed by atoms with E-state index in [1.165, 1.54) is 11.0 Å². The molecule has 13 heteroatoms. The summed E-state index contributed by atoms with van der Waals surface area (Å²) in [5.74, 6) is -5.25. The molecule has 240 valence electrons. The minimum Gasteiger partial charge on any atom is -0.480 e. The van der Waals surface area contributed by atoms with Gasteiger partial charge in [0.05, 0.1) is 23.7 Å². The maximum atomic E-state index is 14.8. The highest BCUT2D eigenvalue weighted by molar-refractivity contribution is 5.90. The number of H-pyrrole nitrogens is 1. The van der Waals surface area contributed by atoms with Crippen LogP contribution in [0.4, 0.5) is 13.6 Å². The van der Waals surface area contributed by atoms with E-state index < -0.39 is 70.3 Å². The molecular weight excluding hydrogens is 578 g/mol. The number of aliphatic carboxylic acids is 1. The zero-order valence-corrected chi connectivity index (χ0v) is 25.6. The monoisotopic (exact) mass is 618 g/mol. The van der Waals surface area contributed by atoms with Gasteiger partial charge in [-0.15, -0.1) is 0 Å². The molecule has 1 aliphatic carbocycles. The molecule has 44 heavy (non-hydrogen) atoms. The maximum Gasteiger partial charge on any atom is 0.408 e. The van der Waals surface area contributed by atoms with Crippen molar-refractivity contribution < 1.29 is 37.7 Å². The Morgan fingerprint density at radius 3 is 2.57 bits per heavy atom. The summed E-state index contributed by atoms with van der Waals surface area (Å²) in [6.45, 7) is 9.08. The largest absolute Gasteiger partial charge is 0.480 e. The average Bonchev–Trinajstić information content (AvgIpc) is 3.51. The molecule has 0 spiro atoms. The van der Waals surface area contributed by atoms with Crippen LogP contribution < -0.4 is 10.9 Å². The van der Waals surface area contributed by atoms with Gasteiger partial charge in [0.2, 0.25) is 5.91 Å². The first-order chi connectivity index (χ1) is 20.5. The Morgan fingerprint density at radius 2 is 1.89 bits per heavy atom. The number of ether oxygens (including phenoxy) is 2. The number of benzene rings is 1. The number of hydrogen-bond acceptors (Lipinski definition) is 7. The second kappa shape index (κ2) is 12.6. The average molecular weight is 619 g/mol. The van der Waals surface area contributed by atoms with E-state index in [9.17, 15) is 33.1 Å². The summed E-state index contributed by atoms with van der Waals surface area (Å²) in [5.41, 5.74) is -2.49. The lowest BCUT2D eigenvalue weighted by Crippen LogP contribution is -2.57. The predicted octanol–water partition coefficient (Wildman–Crippen LogP) is 4.36. The molecule has 1 saturated heterocycles. The number of hydrogen-bond donors (Lipinski definition) is 3. The van der Waals surface area contributed by atoms with Gasteiger partial charge in [0.25, 0.3) is 5.56 Å². The van der Waals surface area contributed by atoms with Crippen molar-refractivity contribution in [3.63, 3.8) is 0 Å². The Labute approximate surface area is 254 Å². The van der Waals surface area contributed by atoms with E-state index in [1.54, 1.807) is 39.0 Å². The topological polar surface area (TPSA) is 151 Å². The third kappa shape index (κ3) is 7.61. The van der Waals surface area contributed by atoms with Crippen molar-refractivity contribution in [1.29, 1.82) is 0 Å². The van der Waals surface area contributed by atoms with Gasteiger partial charge < -0.3 is 29.8 Å². The van der Waals surface area contributed by atoms with Gasteiger partial charge in [0, 0.05) is 6.54 Å². The van der Waals surface area contributed by atoms with Crippen molar-refractivity contribution in [3.8, 4) is 0 Å². The molecule has 1 aliphatic heterocycles. The zero-order chi connectivity index (χ0) is 32.4. The lowest BCUT2D eigenvalue weighted by atomic mass is 9.85. The number of allylic oxidation sites excluding steroid dienone is 1. The number of fused-ring (bicyclic) bond motifs is 1. The van der Waals surface area contributed by atoms with Crippen LogP contribution in [0.5, 0.6) is 0 Å². The van der Waals surface area contributed by atoms with E-state index in [0.717, 1.165) is 6.08 Å². The molecule has 1 saturated carbocycles. The molecule has 2 heterocycles. The highest BCUT2D eigenvalue weighted by Gasteiger charge is 2.48. The van der Waals surface area contributed by atoms with E-state index in [4.69, 9.17) is 9.47 Å². The Hall–Kier alpha value is -3.87. The molecule has 2 aliphatic rings. The van der Waals surface area contributed by atoms with Crippen LogP contribution in [0.25, 0.3) is 11.0 Å². The second-order valence-electron chi connectivity index (χ2n) is 13.3. The van der Waals surface area contributed by atoms with Crippen molar-refractivity contribution in [3.05, 3.63) is 52.5 Å². The fraction of sp³-hybridized carbons (Fsp3) is 0.581. The molecule has 2 amide bonds. The zero-order valence-electron chi connectivity index (χ0n) is 25.6. The Morgan fingerprint density at radius 1 is 1.20 bits per heavy atom. The highest BCUT2D eigenvalue weighted by atomic mass is 19.3. The molecule has 2 aromatic rings. The van der Waals surface area contributed by atoms with E-state index in [-0.39, 0.29) is 18.7 Å². The lowest BCUT2D eigenvalue weighted by Gasteiger charge is -2.35. The first-order valence-corrected chi connectivity index (χ1v) is 14.7. The number of para-hydroxylation sites is 2. The van der Waals surface area contributed by atoms with Gasteiger partial charge in [-0.05, 0) is 54.7 Å². The summed E-state index contributed by atoms with van der Waals surface area (Å²) in [7, 11) is 0. The van der Waals surface area contributed by atoms with Gasteiger partial charge >= 0.3 is 18.0 Å². The molecule has 4 atom stereocenters. The number of carbonyl (C=O) groups excluding carboxylic acids is 2. The van der Waals surface area contributed by atoms with Gasteiger partial charge in [0.15, 0.2) is 5.69 Å². The summed E-state index contributed by atoms with van der Waals surface area (Å²) < 4.78 is 41.0. The molecule has 0 radical (unpaired) electrons. The number of amides is 2. The normalized spacial score (nSPS) is 22.8. The second-order valence-corrected chi connectivity index (χ2v) is 13.3. The first kappa shape index (κ1) is 33.0. The van der Waals surface area contributed by atoms with Crippen LogP contribution in [0, 0.1) is 10.8 Å². The van der Waals surface area contributed by atoms with Crippen molar-refractivity contribution in [2.24, 2.45) is 10.8 Å². The number of nitrogens with one attached hydrogen (secondary N) is 2. The van der Waals surface area contributed by atoms with E-state index >= 15 is 0 Å². The standard InChI is InChI=1S/C31H40F2N4O7/c1-29(2,3)24(26(39)37-17-30(4,5)16-20(37)27(40)41)36-28(42)44-22-13-8-12-21(22)43-15-9-14-31(32,33)23-25(38)35-19-11-7-6-10-18(19)34-23/h6-7,9-11,14,20-22,24H,8,12-13,15-17H2,1-5H3,(H,35,38)(H,36,42)(H,40,41)/b14-9+/t20-,21+,22+,24+/m0/s1. The van der Waals surface area contributed by atoms with Crippen LogP contribution in [-0.2, 0) is 25.0 Å². The van der Waals surface area contributed by atoms with Gasteiger partial charge in [-0.25, -0.2) is 14.6 Å². The fourth-order valence-electron chi connectivity index (χ4n) is 5.75. The lowest BCUT2D eigenvalue weighted by molar-refractivity contribution is -0.150.